The number of morpholine rings is 1. The van der Waals surface area contributed by atoms with Gasteiger partial charge in [-0.25, -0.2) is 15.0 Å². The Kier molecular flexibility index (Phi) is 7.22. The minimum absolute atomic E-state index is 0.237. The van der Waals surface area contributed by atoms with E-state index < -0.39 is 0 Å². The van der Waals surface area contributed by atoms with Crippen LogP contribution in [-0.2, 0) is 17.8 Å². The topological polar surface area (TPSA) is 74.7 Å². The maximum Gasteiger partial charge on any atom is 0.191 e. The highest BCUT2D eigenvalue weighted by molar-refractivity contribution is 7.11. The van der Waals surface area contributed by atoms with Gasteiger partial charge in [0.15, 0.2) is 5.96 Å². The number of aryl methyl sites for hydroxylation is 2. The number of thiazole rings is 1. The molecule has 28 heavy (non-hydrogen) atoms. The molecule has 7 nitrogen and oxygen atoms in total. The number of hydrogen-bond acceptors (Lipinski definition) is 6. The van der Waals surface area contributed by atoms with E-state index in [1.807, 2.05) is 19.2 Å². The summed E-state index contributed by atoms with van der Waals surface area (Å²) in [5.41, 5.74) is 2.23. The molecule has 1 unspecified atom stereocenters. The lowest BCUT2D eigenvalue weighted by molar-refractivity contribution is 0.0529. The lowest BCUT2D eigenvalue weighted by atomic mass is 10.2. The Morgan fingerprint density at radius 1 is 1.39 bits per heavy atom. The Hall–Kier alpha value is -2.19. The second-order valence-electron chi connectivity index (χ2n) is 6.94. The Labute approximate surface area is 171 Å². The van der Waals surface area contributed by atoms with Gasteiger partial charge in [0, 0.05) is 30.7 Å². The molecule has 0 aromatic carbocycles. The highest BCUT2D eigenvalue weighted by Gasteiger charge is 2.18. The average Bonchev–Trinajstić information content (AvgIpc) is 3.01. The molecule has 0 bridgehead atoms. The van der Waals surface area contributed by atoms with Gasteiger partial charge in [-0.15, -0.1) is 11.3 Å². The van der Waals surface area contributed by atoms with Crippen molar-refractivity contribution in [2.24, 2.45) is 4.99 Å². The van der Waals surface area contributed by atoms with E-state index in [0.717, 1.165) is 60.8 Å². The number of hydrogen-bond donors (Lipinski definition) is 2. The van der Waals surface area contributed by atoms with Gasteiger partial charge in [-0.1, -0.05) is 0 Å². The van der Waals surface area contributed by atoms with Crippen LogP contribution < -0.4 is 15.5 Å². The van der Waals surface area contributed by atoms with Crippen LogP contribution in [0, 0.1) is 13.8 Å². The van der Waals surface area contributed by atoms with E-state index >= 15 is 0 Å². The van der Waals surface area contributed by atoms with Gasteiger partial charge in [0.05, 0.1) is 36.5 Å². The van der Waals surface area contributed by atoms with Crippen molar-refractivity contribution < 1.29 is 4.74 Å². The molecule has 0 spiro atoms. The summed E-state index contributed by atoms with van der Waals surface area (Å²) in [7, 11) is 0. The number of rotatable bonds is 6. The van der Waals surface area contributed by atoms with Crippen molar-refractivity contribution in [1.82, 2.24) is 20.6 Å². The number of aliphatic imine (C=N–C) groups is 1. The van der Waals surface area contributed by atoms with Crippen molar-refractivity contribution in [2.75, 3.05) is 31.1 Å². The van der Waals surface area contributed by atoms with Crippen molar-refractivity contribution in [3.63, 3.8) is 0 Å². The van der Waals surface area contributed by atoms with Crippen LogP contribution in [0.15, 0.2) is 23.3 Å². The number of aromatic nitrogens is 2. The molecule has 1 aliphatic heterocycles. The third-order valence-electron chi connectivity index (χ3n) is 4.55. The molecule has 3 heterocycles. The normalized spacial score (nSPS) is 17.6. The van der Waals surface area contributed by atoms with E-state index in [-0.39, 0.29) is 6.10 Å². The number of ether oxygens (including phenoxy) is 1. The quantitative estimate of drug-likeness (QED) is 0.572. The molecule has 2 N–H and O–H groups in total. The Balaban J connectivity index is 1.63. The predicted molar refractivity (Wildman–Crippen MR) is 115 cm³/mol. The summed E-state index contributed by atoms with van der Waals surface area (Å²) in [6, 6.07) is 4.15. The first-order chi connectivity index (χ1) is 13.5. The van der Waals surface area contributed by atoms with E-state index in [0.29, 0.717) is 6.54 Å². The molecule has 1 aliphatic rings. The molecular formula is C20H30N6OS. The molecule has 3 rings (SSSR count). The molecule has 0 aliphatic carbocycles. The summed E-state index contributed by atoms with van der Waals surface area (Å²) < 4.78 is 5.63. The maximum atomic E-state index is 5.63. The van der Waals surface area contributed by atoms with E-state index in [1.54, 1.807) is 11.3 Å². The fourth-order valence-electron chi connectivity index (χ4n) is 3.17. The number of nitrogens with one attached hydrogen (secondary N) is 2. The second-order valence-corrected chi connectivity index (χ2v) is 8.23. The summed E-state index contributed by atoms with van der Waals surface area (Å²) >= 11 is 1.73. The summed E-state index contributed by atoms with van der Waals surface area (Å²) in [4.78, 5) is 17.3. The first-order valence-corrected chi connectivity index (χ1v) is 10.6. The molecule has 2 aromatic heterocycles. The molecule has 0 amide bonds. The van der Waals surface area contributed by atoms with Gasteiger partial charge < -0.3 is 20.3 Å². The highest BCUT2D eigenvalue weighted by atomic mass is 32.1. The van der Waals surface area contributed by atoms with Crippen LogP contribution in [0.5, 0.6) is 0 Å². The fraction of sp³-hybridized carbons (Fsp3) is 0.550. The van der Waals surface area contributed by atoms with E-state index in [9.17, 15) is 0 Å². The molecule has 0 saturated carbocycles. The lowest BCUT2D eigenvalue weighted by Gasteiger charge is -2.32. The van der Waals surface area contributed by atoms with Crippen LogP contribution in [-0.4, -0.2) is 48.3 Å². The molecule has 8 heteroatoms. The molecule has 1 saturated heterocycles. The average molecular weight is 403 g/mol. The third kappa shape index (κ3) is 5.65. The zero-order valence-corrected chi connectivity index (χ0v) is 18.0. The predicted octanol–water partition coefficient (Wildman–Crippen LogP) is 2.64. The number of anilines is 1. The first kappa shape index (κ1) is 20.5. The summed E-state index contributed by atoms with van der Waals surface area (Å²) in [6.45, 7) is 12.9. The van der Waals surface area contributed by atoms with Crippen LogP contribution >= 0.6 is 11.3 Å². The zero-order chi connectivity index (χ0) is 19.9. The maximum absolute atomic E-state index is 5.63. The molecular weight excluding hydrogens is 372 g/mol. The molecule has 152 valence electrons. The minimum Gasteiger partial charge on any atom is -0.375 e. The fourth-order valence-corrected chi connectivity index (χ4v) is 4.05. The summed E-state index contributed by atoms with van der Waals surface area (Å²) in [5, 5.41) is 7.82. The largest absolute Gasteiger partial charge is 0.375 e. The first-order valence-electron chi connectivity index (χ1n) is 9.81. The summed E-state index contributed by atoms with van der Waals surface area (Å²) in [6.07, 6.45) is 2.10. The number of nitrogens with zero attached hydrogens (tertiary/aromatic N) is 4. The van der Waals surface area contributed by atoms with Crippen LogP contribution in [0.2, 0.25) is 0 Å². The minimum atomic E-state index is 0.237. The highest BCUT2D eigenvalue weighted by Crippen LogP contribution is 2.18. The number of pyridine rings is 1. The van der Waals surface area contributed by atoms with Gasteiger partial charge in [-0.2, -0.15) is 0 Å². The smallest absolute Gasteiger partial charge is 0.191 e. The second kappa shape index (κ2) is 9.84. The Morgan fingerprint density at radius 2 is 2.25 bits per heavy atom. The SMILES string of the molecule is CCNC(=NCc1ccnc(N2CCOC(C)C2)c1)NCc1sc(C)nc1C. The number of guanidine groups is 1. The molecule has 1 atom stereocenters. The van der Waals surface area contributed by atoms with E-state index in [4.69, 9.17) is 9.73 Å². The van der Waals surface area contributed by atoms with Gasteiger partial charge >= 0.3 is 0 Å². The summed E-state index contributed by atoms with van der Waals surface area (Å²) in [5.74, 6) is 1.81. The van der Waals surface area contributed by atoms with Crippen LogP contribution in [0.3, 0.4) is 0 Å². The van der Waals surface area contributed by atoms with Gasteiger partial charge in [-0.3, -0.25) is 0 Å². The van der Waals surface area contributed by atoms with Crippen molar-refractivity contribution in [2.45, 2.75) is 46.9 Å². The van der Waals surface area contributed by atoms with Gasteiger partial charge in [0.1, 0.15) is 5.82 Å². The van der Waals surface area contributed by atoms with Crippen LogP contribution in [0.1, 0.15) is 35.0 Å². The standard InChI is InChI=1S/C20H30N6OS/c1-5-21-20(24-12-18-15(3)25-16(4)28-18)23-11-17-6-7-22-19(10-17)26-8-9-27-14(2)13-26/h6-7,10,14H,5,8-9,11-13H2,1-4H3,(H2,21,23,24). The van der Waals surface area contributed by atoms with Crippen molar-refractivity contribution in [1.29, 1.82) is 0 Å². The van der Waals surface area contributed by atoms with E-state index in [1.165, 1.54) is 4.88 Å². The molecule has 2 aromatic rings. The van der Waals surface area contributed by atoms with Gasteiger partial charge in [0.25, 0.3) is 0 Å². The van der Waals surface area contributed by atoms with Crippen LogP contribution in [0.4, 0.5) is 5.82 Å². The lowest BCUT2D eigenvalue weighted by Crippen LogP contribution is -2.41. The molecule has 0 radical (unpaired) electrons. The van der Waals surface area contributed by atoms with Crippen molar-refractivity contribution in [3.05, 3.63) is 39.5 Å². The van der Waals surface area contributed by atoms with Crippen molar-refractivity contribution in [3.8, 4) is 0 Å². The Bertz CT molecular complexity index is 806. The third-order valence-corrected chi connectivity index (χ3v) is 5.63. The zero-order valence-electron chi connectivity index (χ0n) is 17.2. The van der Waals surface area contributed by atoms with Gasteiger partial charge in [0.2, 0.25) is 0 Å². The monoisotopic (exact) mass is 402 g/mol. The molecule has 1 fully saturated rings. The Morgan fingerprint density at radius 3 is 2.96 bits per heavy atom. The van der Waals surface area contributed by atoms with Crippen molar-refractivity contribution >= 4 is 23.1 Å². The van der Waals surface area contributed by atoms with Gasteiger partial charge in [-0.05, 0) is 45.4 Å². The van der Waals surface area contributed by atoms with E-state index in [2.05, 4.69) is 52.3 Å². The van der Waals surface area contributed by atoms with Crippen LogP contribution in [0.25, 0.3) is 0 Å².